The van der Waals surface area contributed by atoms with Crippen LogP contribution < -0.4 is 0 Å². The van der Waals surface area contributed by atoms with Gasteiger partial charge in [0, 0.05) is 6.54 Å². The second kappa shape index (κ2) is 3.85. The quantitative estimate of drug-likeness (QED) is 0.623. The summed E-state index contributed by atoms with van der Waals surface area (Å²) in [4.78, 5) is 13.6. The smallest absolute Gasteiger partial charge is 0.172 e. The van der Waals surface area contributed by atoms with Crippen LogP contribution in [0, 0.1) is 0 Å². The molecule has 0 amide bonds. The van der Waals surface area contributed by atoms with Gasteiger partial charge >= 0.3 is 0 Å². The number of rotatable bonds is 2. The minimum Gasteiger partial charge on any atom is -0.295 e. The zero-order valence-corrected chi connectivity index (χ0v) is 8.18. The van der Waals surface area contributed by atoms with Crippen molar-refractivity contribution in [2.24, 2.45) is 0 Å². The minimum atomic E-state index is 0.322. The first-order valence-electron chi connectivity index (χ1n) is 4.55. The second-order valence-electron chi connectivity index (χ2n) is 3.60. The second-order valence-corrected chi connectivity index (χ2v) is 3.60. The molecule has 2 nitrogen and oxygen atoms in total. The standard InChI is InChI=1S/C10H17NO/c1-4-5-9-8(2)6-11(3)7-10(9)12/h4-7H2,1-3H3. The Labute approximate surface area is 74.2 Å². The van der Waals surface area contributed by atoms with Crippen LogP contribution in [0.3, 0.4) is 0 Å². The molecule has 0 saturated heterocycles. The van der Waals surface area contributed by atoms with Crippen LogP contribution in [0.25, 0.3) is 0 Å². The fraction of sp³-hybridized carbons (Fsp3) is 0.700. The number of hydrogen-bond donors (Lipinski definition) is 0. The Morgan fingerprint density at radius 1 is 1.42 bits per heavy atom. The van der Waals surface area contributed by atoms with E-state index in [1.807, 2.05) is 7.05 Å². The molecule has 0 aromatic rings. The van der Waals surface area contributed by atoms with Gasteiger partial charge in [0.1, 0.15) is 0 Å². The number of hydrogen-bond acceptors (Lipinski definition) is 2. The molecule has 0 aliphatic carbocycles. The van der Waals surface area contributed by atoms with Crippen LogP contribution in [0.15, 0.2) is 11.1 Å². The van der Waals surface area contributed by atoms with Crippen molar-refractivity contribution in [3.63, 3.8) is 0 Å². The maximum Gasteiger partial charge on any atom is 0.172 e. The molecular formula is C10H17NO. The summed E-state index contributed by atoms with van der Waals surface area (Å²) >= 11 is 0. The summed E-state index contributed by atoms with van der Waals surface area (Å²) in [7, 11) is 1.99. The van der Waals surface area contributed by atoms with Crippen LogP contribution in [-0.4, -0.2) is 30.8 Å². The first kappa shape index (κ1) is 9.46. The van der Waals surface area contributed by atoms with Crippen LogP contribution >= 0.6 is 0 Å². The summed E-state index contributed by atoms with van der Waals surface area (Å²) in [6, 6.07) is 0. The Kier molecular flexibility index (Phi) is 3.04. The molecule has 0 bridgehead atoms. The van der Waals surface area contributed by atoms with Crippen molar-refractivity contribution in [3.05, 3.63) is 11.1 Å². The number of Topliss-reactive ketones (excluding diaryl/α,β-unsaturated/α-hetero) is 1. The number of carbonyl (C=O) groups is 1. The first-order valence-corrected chi connectivity index (χ1v) is 4.55. The lowest BCUT2D eigenvalue weighted by atomic mass is 9.96. The molecule has 0 aromatic carbocycles. The lowest BCUT2D eigenvalue weighted by Gasteiger charge is -2.24. The van der Waals surface area contributed by atoms with Gasteiger partial charge in [-0.25, -0.2) is 0 Å². The van der Waals surface area contributed by atoms with Gasteiger partial charge in [-0.1, -0.05) is 18.9 Å². The van der Waals surface area contributed by atoms with E-state index in [0.717, 1.165) is 25.0 Å². The van der Waals surface area contributed by atoms with E-state index in [1.165, 1.54) is 5.57 Å². The number of carbonyl (C=O) groups excluding carboxylic acids is 1. The Morgan fingerprint density at radius 3 is 2.58 bits per heavy atom. The monoisotopic (exact) mass is 167 g/mol. The van der Waals surface area contributed by atoms with Crippen LogP contribution in [0.2, 0.25) is 0 Å². The fourth-order valence-electron chi connectivity index (χ4n) is 1.74. The van der Waals surface area contributed by atoms with E-state index in [1.54, 1.807) is 0 Å². The Morgan fingerprint density at radius 2 is 2.08 bits per heavy atom. The van der Waals surface area contributed by atoms with Crippen LogP contribution in [0.1, 0.15) is 26.7 Å². The minimum absolute atomic E-state index is 0.322. The molecule has 2 heteroatoms. The van der Waals surface area contributed by atoms with Gasteiger partial charge in [0.15, 0.2) is 5.78 Å². The van der Waals surface area contributed by atoms with Crippen molar-refractivity contribution in [1.29, 1.82) is 0 Å². The summed E-state index contributed by atoms with van der Waals surface area (Å²) in [5.74, 6) is 0.322. The molecule has 0 N–H and O–H groups in total. The number of likely N-dealkylation sites (N-methyl/N-ethyl adjacent to an activating group) is 1. The van der Waals surface area contributed by atoms with Gasteiger partial charge in [-0.15, -0.1) is 0 Å². The maximum atomic E-state index is 11.5. The van der Waals surface area contributed by atoms with Gasteiger partial charge in [-0.3, -0.25) is 9.69 Å². The van der Waals surface area contributed by atoms with Crippen molar-refractivity contribution in [1.82, 2.24) is 4.90 Å². The predicted molar refractivity (Wildman–Crippen MR) is 50.1 cm³/mol. The summed E-state index contributed by atoms with van der Waals surface area (Å²) in [6.45, 7) is 5.75. The number of nitrogens with zero attached hydrogens (tertiary/aromatic N) is 1. The fourth-order valence-corrected chi connectivity index (χ4v) is 1.74. The molecule has 0 atom stereocenters. The maximum absolute atomic E-state index is 11.5. The molecule has 0 fully saturated rings. The van der Waals surface area contributed by atoms with Gasteiger partial charge in [-0.2, -0.15) is 0 Å². The topological polar surface area (TPSA) is 20.3 Å². The van der Waals surface area contributed by atoms with Gasteiger partial charge < -0.3 is 0 Å². The third-order valence-electron chi connectivity index (χ3n) is 2.27. The normalized spacial score (nSPS) is 20.4. The molecule has 12 heavy (non-hydrogen) atoms. The highest BCUT2D eigenvalue weighted by Gasteiger charge is 2.19. The average molecular weight is 167 g/mol. The zero-order chi connectivity index (χ0) is 9.14. The molecule has 1 rings (SSSR count). The largest absolute Gasteiger partial charge is 0.295 e. The third kappa shape index (κ3) is 1.95. The van der Waals surface area contributed by atoms with Crippen molar-refractivity contribution < 1.29 is 4.79 Å². The summed E-state index contributed by atoms with van der Waals surface area (Å²) < 4.78 is 0. The predicted octanol–water partition coefficient (Wildman–Crippen LogP) is 1.62. The molecule has 68 valence electrons. The van der Waals surface area contributed by atoms with E-state index in [0.29, 0.717) is 12.3 Å². The molecule has 1 heterocycles. The SMILES string of the molecule is CCCC1=C(C)CN(C)CC1=O. The van der Waals surface area contributed by atoms with Crippen molar-refractivity contribution >= 4 is 5.78 Å². The molecule has 1 aliphatic heterocycles. The molecule has 0 aromatic heterocycles. The first-order chi connectivity index (χ1) is 5.65. The summed E-state index contributed by atoms with van der Waals surface area (Å²) in [5.41, 5.74) is 2.34. The molecule has 0 spiro atoms. The van der Waals surface area contributed by atoms with Crippen molar-refractivity contribution in [2.75, 3.05) is 20.1 Å². The van der Waals surface area contributed by atoms with E-state index in [2.05, 4.69) is 18.7 Å². The summed E-state index contributed by atoms with van der Waals surface area (Å²) in [5, 5.41) is 0. The molecule has 0 saturated carbocycles. The molecule has 1 aliphatic rings. The van der Waals surface area contributed by atoms with Crippen LogP contribution in [-0.2, 0) is 4.79 Å². The molecular weight excluding hydrogens is 150 g/mol. The van der Waals surface area contributed by atoms with E-state index in [9.17, 15) is 4.79 Å². The van der Waals surface area contributed by atoms with Gasteiger partial charge in [0.2, 0.25) is 0 Å². The highest BCUT2D eigenvalue weighted by Crippen LogP contribution is 2.17. The lowest BCUT2D eigenvalue weighted by Crippen LogP contribution is -2.34. The Hall–Kier alpha value is -0.630. The Balaban J connectivity index is 2.78. The Bertz CT molecular complexity index is 218. The highest BCUT2D eigenvalue weighted by molar-refractivity contribution is 5.98. The summed E-state index contributed by atoms with van der Waals surface area (Å²) in [6.07, 6.45) is 2.03. The molecule has 0 unspecified atom stereocenters. The van der Waals surface area contributed by atoms with E-state index >= 15 is 0 Å². The highest BCUT2D eigenvalue weighted by atomic mass is 16.1. The van der Waals surface area contributed by atoms with Crippen LogP contribution in [0.4, 0.5) is 0 Å². The van der Waals surface area contributed by atoms with Crippen molar-refractivity contribution in [3.8, 4) is 0 Å². The van der Waals surface area contributed by atoms with Gasteiger partial charge in [0.25, 0.3) is 0 Å². The third-order valence-corrected chi connectivity index (χ3v) is 2.27. The van der Waals surface area contributed by atoms with Crippen molar-refractivity contribution in [2.45, 2.75) is 26.7 Å². The van der Waals surface area contributed by atoms with E-state index in [4.69, 9.17) is 0 Å². The molecule has 0 radical (unpaired) electrons. The van der Waals surface area contributed by atoms with Gasteiger partial charge in [-0.05, 0) is 26.0 Å². The van der Waals surface area contributed by atoms with E-state index in [-0.39, 0.29) is 0 Å². The lowest BCUT2D eigenvalue weighted by molar-refractivity contribution is -0.117. The van der Waals surface area contributed by atoms with E-state index < -0.39 is 0 Å². The number of ketones is 1. The van der Waals surface area contributed by atoms with Gasteiger partial charge in [0.05, 0.1) is 6.54 Å². The van der Waals surface area contributed by atoms with Crippen LogP contribution in [0.5, 0.6) is 0 Å². The average Bonchev–Trinajstić information content (AvgIpc) is 1.96. The zero-order valence-electron chi connectivity index (χ0n) is 8.18.